The lowest BCUT2D eigenvalue weighted by molar-refractivity contribution is 0.412. The minimum Gasteiger partial charge on any atom is -0.495 e. The first-order chi connectivity index (χ1) is 8.81. The molecule has 1 rings (SSSR count). The van der Waals surface area contributed by atoms with Crippen molar-refractivity contribution < 1.29 is 4.74 Å². The molecule has 0 aromatic heterocycles. The quantitative estimate of drug-likeness (QED) is 0.578. The molecule has 0 aliphatic heterocycles. The van der Waals surface area contributed by atoms with Gasteiger partial charge in [-0.05, 0) is 17.7 Å². The van der Waals surface area contributed by atoms with E-state index < -0.39 is 0 Å². The molecule has 0 amide bonds. The molecule has 1 aromatic rings. The first-order valence-electron chi connectivity index (χ1n) is 5.78. The Morgan fingerprint density at radius 1 is 1.56 bits per heavy atom. The molecule has 4 heteroatoms. The van der Waals surface area contributed by atoms with Gasteiger partial charge in [-0.3, -0.25) is 0 Å². The molecule has 96 valence electrons. The second kappa shape index (κ2) is 8.62. The van der Waals surface area contributed by atoms with Gasteiger partial charge in [0.15, 0.2) is 0 Å². The Morgan fingerprint density at radius 3 is 3.06 bits per heavy atom. The van der Waals surface area contributed by atoms with Crippen LogP contribution in [0.5, 0.6) is 5.75 Å². The second-order valence-electron chi connectivity index (χ2n) is 3.69. The van der Waals surface area contributed by atoms with Gasteiger partial charge in [0.2, 0.25) is 0 Å². The van der Waals surface area contributed by atoms with E-state index in [0.717, 1.165) is 30.2 Å². The largest absolute Gasteiger partial charge is 0.495 e. The van der Waals surface area contributed by atoms with Crippen LogP contribution in [0.4, 0.5) is 0 Å². The van der Waals surface area contributed by atoms with Gasteiger partial charge in [-0.25, -0.2) is 0 Å². The average Bonchev–Trinajstić information content (AvgIpc) is 2.42. The number of benzene rings is 1. The third kappa shape index (κ3) is 4.82. The van der Waals surface area contributed by atoms with Crippen LogP contribution in [0.3, 0.4) is 0 Å². The van der Waals surface area contributed by atoms with Gasteiger partial charge in [0.25, 0.3) is 0 Å². The number of hydrogen-bond acceptors (Lipinski definition) is 4. The molecule has 3 nitrogen and oxygen atoms in total. The second-order valence-corrected chi connectivity index (χ2v) is 4.84. The van der Waals surface area contributed by atoms with Gasteiger partial charge in [-0.1, -0.05) is 12.1 Å². The maximum Gasteiger partial charge on any atom is 0.136 e. The number of rotatable bonds is 8. The Kier molecular flexibility index (Phi) is 7.00. The zero-order valence-electron chi connectivity index (χ0n) is 10.6. The predicted molar refractivity (Wildman–Crippen MR) is 76.9 cm³/mol. The van der Waals surface area contributed by atoms with E-state index in [0.29, 0.717) is 11.3 Å². The molecule has 0 heterocycles. The van der Waals surface area contributed by atoms with E-state index in [-0.39, 0.29) is 0 Å². The van der Waals surface area contributed by atoms with E-state index in [1.54, 1.807) is 13.2 Å². The third-order valence-corrected chi connectivity index (χ3v) is 3.34. The van der Waals surface area contributed by atoms with Crippen molar-refractivity contribution in [2.45, 2.75) is 6.54 Å². The monoisotopic (exact) mass is 262 g/mol. The van der Waals surface area contributed by atoms with Gasteiger partial charge in [-0.2, -0.15) is 17.0 Å². The highest BCUT2D eigenvalue weighted by atomic mass is 32.2. The highest BCUT2D eigenvalue weighted by molar-refractivity contribution is 7.99. The van der Waals surface area contributed by atoms with Crippen molar-refractivity contribution in [2.75, 3.05) is 25.2 Å². The van der Waals surface area contributed by atoms with Crippen molar-refractivity contribution in [3.8, 4) is 11.8 Å². The predicted octanol–water partition coefficient (Wildman–Crippen LogP) is 2.58. The summed E-state index contributed by atoms with van der Waals surface area (Å²) in [5.74, 6) is 2.70. The van der Waals surface area contributed by atoms with Crippen LogP contribution in [-0.2, 0) is 6.54 Å². The zero-order valence-corrected chi connectivity index (χ0v) is 11.4. The SMILES string of the molecule is C=CCSCCNCc1ccc(C#N)c(OC)c1. The molecule has 0 saturated heterocycles. The Labute approximate surface area is 113 Å². The molecule has 0 bridgehead atoms. The Morgan fingerprint density at radius 2 is 2.39 bits per heavy atom. The van der Waals surface area contributed by atoms with E-state index in [2.05, 4.69) is 18.0 Å². The smallest absolute Gasteiger partial charge is 0.136 e. The molecule has 18 heavy (non-hydrogen) atoms. The Hall–Kier alpha value is -1.44. The molecule has 1 N–H and O–H groups in total. The van der Waals surface area contributed by atoms with Gasteiger partial charge < -0.3 is 10.1 Å². The van der Waals surface area contributed by atoms with Crippen molar-refractivity contribution >= 4 is 11.8 Å². The number of nitrogens with one attached hydrogen (secondary N) is 1. The molecule has 0 fully saturated rings. The van der Waals surface area contributed by atoms with Gasteiger partial charge >= 0.3 is 0 Å². The van der Waals surface area contributed by atoms with Crippen LogP contribution in [-0.4, -0.2) is 25.2 Å². The van der Waals surface area contributed by atoms with Gasteiger partial charge in [0.05, 0.1) is 12.7 Å². The molecule has 0 radical (unpaired) electrons. The first kappa shape index (κ1) is 14.6. The topological polar surface area (TPSA) is 45.0 Å². The van der Waals surface area contributed by atoms with Crippen LogP contribution in [0.15, 0.2) is 30.9 Å². The highest BCUT2D eigenvalue weighted by Crippen LogP contribution is 2.18. The fourth-order valence-corrected chi connectivity index (χ4v) is 2.10. The summed E-state index contributed by atoms with van der Waals surface area (Å²) in [5, 5.41) is 12.2. The van der Waals surface area contributed by atoms with Crippen molar-refractivity contribution in [3.63, 3.8) is 0 Å². The summed E-state index contributed by atoms with van der Waals surface area (Å²) in [5.41, 5.74) is 1.70. The Balaban J connectivity index is 2.39. The maximum absolute atomic E-state index is 8.88. The van der Waals surface area contributed by atoms with Gasteiger partial charge in [0, 0.05) is 24.6 Å². The summed E-state index contributed by atoms with van der Waals surface area (Å²) in [7, 11) is 1.58. The van der Waals surface area contributed by atoms with E-state index >= 15 is 0 Å². The molecule has 1 aromatic carbocycles. The van der Waals surface area contributed by atoms with Crippen molar-refractivity contribution in [2.24, 2.45) is 0 Å². The molecule has 0 saturated carbocycles. The zero-order chi connectivity index (χ0) is 13.2. The number of nitrogens with zero attached hydrogens (tertiary/aromatic N) is 1. The molecular weight excluding hydrogens is 244 g/mol. The van der Waals surface area contributed by atoms with Crippen molar-refractivity contribution in [1.29, 1.82) is 5.26 Å². The van der Waals surface area contributed by atoms with Crippen molar-refractivity contribution in [3.05, 3.63) is 42.0 Å². The molecule has 0 atom stereocenters. The molecule has 0 unspecified atom stereocenters. The van der Waals surface area contributed by atoms with Crippen molar-refractivity contribution in [1.82, 2.24) is 5.32 Å². The lowest BCUT2D eigenvalue weighted by atomic mass is 10.1. The molecule has 0 aliphatic rings. The van der Waals surface area contributed by atoms with Gasteiger partial charge in [0.1, 0.15) is 11.8 Å². The number of ether oxygens (including phenoxy) is 1. The van der Waals surface area contributed by atoms with E-state index in [1.165, 1.54) is 0 Å². The summed E-state index contributed by atoms with van der Waals surface area (Å²) in [6.07, 6.45) is 1.91. The fraction of sp³-hybridized carbons (Fsp3) is 0.357. The first-order valence-corrected chi connectivity index (χ1v) is 6.93. The maximum atomic E-state index is 8.88. The number of methoxy groups -OCH3 is 1. The van der Waals surface area contributed by atoms with E-state index in [4.69, 9.17) is 10.00 Å². The standard InChI is InChI=1S/C14H18N2OS/c1-3-7-18-8-6-16-11-12-4-5-13(10-15)14(9-12)17-2/h3-5,9,16H,1,6-8,11H2,2H3. The van der Waals surface area contributed by atoms with Crippen LogP contribution in [0.25, 0.3) is 0 Å². The molecule has 0 aliphatic carbocycles. The lowest BCUT2D eigenvalue weighted by Crippen LogP contribution is -2.16. The van der Waals surface area contributed by atoms with Crippen LogP contribution >= 0.6 is 11.8 Å². The minimum absolute atomic E-state index is 0.572. The molecule has 0 spiro atoms. The lowest BCUT2D eigenvalue weighted by Gasteiger charge is -2.07. The molecular formula is C14H18N2OS. The van der Waals surface area contributed by atoms with Crippen LogP contribution < -0.4 is 10.1 Å². The van der Waals surface area contributed by atoms with Crippen LogP contribution in [0.2, 0.25) is 0 Å². The Bertz CT molecular complexity index is 426. The summed E-state index contributed by atoms with van der Waals surface area (Å²) < 4.78 is 5.17. The number of nitriles is 1. The summed E-state index contributed by atoms with van der Waals surface area (Å²) in [6.45, 7) is 5.43. The number of thioether (sulfide) groups is 1. The van der Waals surface area contributed by atoms with Gasteiger partial charge in [-0.15, -0.1) is 6.58 Å². The normalized spacial score (nSPS) is 9.78. The minimum atomic E-state index is 0.572. The van der Waals surface area contributed by atoms with E-state index in [9.17, 15) is 0 Å². The summed E-state index contributed by atoms with van der Waals surface area (Å²) in [4.78, 5) is 0. The highest BCUT2D eigenvalue weighted by Gasteiger charge is 2.03. The van der Waals surface area contributed by atoms with Crippen LogP contribution in [0, 0.1) is 11.3 Å². The summed E-state index contributed by atoms with van der Waals surface area (Å²) >= 11 is 1.85. The number of hydrogen-bond donors (Lipinski definition) is 1. The van der Waals surface area contributed by atoms with E-state index in [1.807, 2.05) is 30.0 Å². The third-order valence-electron chi connectivity index (χ3n) is 2.37. The van der Waals surface area contributed by atoms with Crippen LogP contribution in [0.1, 0.15) is 11.1 Å². The fourth-order valence-electron chi connectivity index (χ4n) is 1.48. The summed E-state index contributed by atoms with van der Waals surface area (Å²) in [6, 6.07) is 7.75. The average molecular weight is 262 g/mol.